The zero-order valence-electron chi connectivity index (χ0n) is 7.54. The Morgan fingerprint density at radius 1 is 1.42 bits per heavy atom. The van der Waals surface area contributed by atoms with Crippen LogP contribution in [0.1, 0.15) is 26.2 Å². The van der Waals surface area contributed by atoms with E-state index < -0.39 is 9.84 Å². The molecule has 0 aromatic rings. The number of sulfone groups is 1. The van der Waals surface area contributed by atoms with Crippen LogP contribution >= 0.6 is 0 Å². The van der Waals surface area contributed by atoms with Gasteiger partial charge in [0.2, 0.25) is 0 Å². The van der Waals surface area contributed by atoms with Crippen molar-refractivity contribution in [3.63, 3.8) is 0 Å². The van der Waals surface area contributed by atoms with Crippen LogP contribution in [0.25, 0.3) is 0 Å². The first-order valence-electron chi connectivity index (χ1n) is 4.59. The molecule has 0 aromatic carbocycles. The van der Waals surface area contributed by atoms with Gasteiger partial charge in [0.15, 0.2) is 9.84 Å². The summed E-state index contributed by atoms with van der Waals surface area (Å²) in [7, 11) is -2.76. The van der Waals surface area contributed by atoms with Gasteiger partial charge in [-0.15, -0.1) is 0 Å². The fourth-order valence-electron chi connectivity index (χ4n) is 1.56. The maximum Gasteiger partial charge on any atom is 0.154 e. The topological polar surface area (TPSA) is 46.2 Å². The minimum Gasteiger partial charge on any atom is -0.316 e. The Balaban J connectivity index is 2.49. The summed E-state index contributed by atoms with van der Waals surface area (Å²) in [6, 6.07) is 0. The average Bonchev–Trinajstić information content (AvgIpc) is 2.02. The molecule has 3 nitrogen and oxygen atoms in total. The Labute approximate surface area is 74.5 Å². The van der Waals surface area contributed by atoms with Gasteiger partial charge in [0.1, 0.15) is 0 Å². The number of nitrogens with one attached hydrogen (secondary N) is 1. The third-order valence-electron chi connectivity index (χ3n) is 2.33. The van der Waals surface area contributed by atoms with Gasteiger partial charge in [-0.05, 0) is 19.4 Å². The van der Waals surface area contributed by atoms with Gasteiger partial charge in [0, 0.05) is 6.54 Å². The lowest BCUT2D eigenvalue weighted by molar-refractivity contribution is 0.524. The minimum absolute atomic E-state index is 0.119. The SMILES string of the molecule is CCNCC1CCCCS1(=O)=O. The highest BCUT2D eigenvalue weighted by atomic mass is 32.2. The summed E-state index contributed by atoms with van der Waals surface area (Å²) >= 11 is 0. The molecule has 0 aliphatic carbocycles. The Morgan fingerprint density at radius 2 is 2.17 bits per heavy atom. The lowest BCUT2D eigenvalue weighted by Gasteiger charge is -2.22. The molecule has 1 rings (SSSR count). The van der Waals surface area contributed by atoms with E-state index in [1.165, 1.54) is 0 Å². The summed E-state index contributed by atoms with van der Waals surface area (Å²) < 4.78 is 22.9. The zero-order valence-corrected chi connectivity index (χ0v) is 8.36. The Bertz CT molecular complexity index is 223. The molecule has 0 aromatic heterocycles. The predicted molar refractivity (Wildman–Crippen MR) is 50.0 cm³/mol. The lowest BCUT2D eigenvalue weighted by Crippen LogP contribution is -2.37. The Hall–Kier alpha value is -0.0900. The smallest absolute Gasteiger partial charge is 0.154 e. The summed E-state index contributed by atoms with van der Waals surface area (Å²) in [5.74, 6) is 0.392. The van der Waals surface area contributed by atoms with Crippen LogP contribution in [0, 0.1) is 0 Å². The Morgan fingerprint density at radius 3 is 2.75 bits per heavy atom. The molecule has 1 aliphatic heterocycles. The van der Waals surface area contributed by atoms with Gasteiger partial charge in [-0.1, -0.05) is 13.3 Å². The van der Waals surface area contributed by atoms with Crippen molar-refractivity contribution in [1.82, 2.24) is 5.32 Å². The Kier molecular flexibility index (Phi) is 3.53. The first-order valence-corrected chi connectivity index (χ1v) is 6.30. The monoisotopic (exact) mass is 191 g/mol. The first-order chi connectivity index (χ1) is 5.67. The highest BCUT2D eigenvalue weighted by Crippen LogP contribution is 2.18. The molecule has 0 radical (unpaired) electrons. The molecule has 4 heteroatoms. The van der Waals surface area contributed by atoms with Crippen molar-refractivity contribution >= 4 is 9.84 Å². The zero-order chi connectivity index (χ0) is 9.03. The van der Waals surface area contributed by atoms with E-state index in [0.29, 0.717) is 12.3 Å². The fourth-order valence-corrected chi connectivity index (χ4v) is 3.39. The molecule has 0 bridgehead atoms. The van der Waals surface area contributed by atoms with E-state index in [-0.39, 0.29) is 5.25 Å². The van der Waals surface area contributed by atoms with E-state index in [1.54, 1.807) is 0 Å². The van der Waals surface area contributed by atoms with Crippen LogP contribution in [-0.2, 0) is 9.84 Å². The van der Waals surface area contributed by atoms with Crippen LogP contribution in [0.15, 0.2) is 0 Å². The van der Waals surface area contributed by atoms with Crippen molar-refractivity contribution in [2.24, 2.45) is 0 Å². The van der Waals surface area contributed by atoms with E-state index in [9.17, 15) is 8.42 Å². The largest absolute Gasteiger partial charge is 0.316 e. The van der Waals surface area contributed by atoms with E-state index in [4.69, 9.17) is 0 Å². The van der Waals surface area contributed by atoms with Gasteiger partial charge >= 0.3 is 0 Å². The van der Waals surface area contributed by atoms with Crippen LogP contribution in [0.2, 0.25) is 0 Å². The molecule has 1 atom stereocenters. The molecule has 0 spiro atoms. The number of hydrogen-bond donors (Lipinski definition) is 1. The third-order valence-corrected chi connectivity index (χ3v) is 4.61. The minimum atomic E-state index is -2.76. The van der Waals surface area contributed by atoms with E-state index in [2.05, 4.69) is 5.32 Å². The second-order valence-electron chi connectivity index (χ2n) is 3.29. The molecular formula is C8H17NO2S. The molecular weight excluding hydrogens is 174 g/mol. The van der Waals surface area contributed by atoms with Gasteiger partial charge in [-0.25, -0.2) is 8.42 Å². The highest BCUT2D eigenvalue weighted by Gasteiger charge is 2.27. The second-order valence-corrected chi connectivity index (χ2v) is 5.69. The van der Waals surface area contributed by atoms with Crippen molar-refractivity contribution in [1.29, 1.82) is 0 Å². The van der Waals surface area contributed by atoms with Crippen molar-refractivity contribution in [2.75, 3.05) is 18.8 Å². The molecule has 12 heavy (non-hydrogen) atoms. The molecule has 1 fully saturated rings. The van der Waals surface area contributed by atoms with Gasteiger partial charge in [0.25, 0.3) is 0 Å². The van der Waals surface area contributed by atoms with Crippen LogP contribution < -0.4 is 5.32 Å². The van der Waals surface area contributed by atoms with Crippen molar-refractivity contribution in [3.8, 4) is 0 Å². The van der Waals surface area contributed by atoms with Crippen molar-refractivity contribution < 1.29 is 8.42 Å². The van der Waals surface area contributed by atoms with Crippen LogP contribution in [0.4, 0.5) is 0 Å². The normalized spacial score (nSPS) is 28.6. The van der Waals surface area contributed by atoms with E-state index in [1.807, 2.05) is 6.92 Å². The molecule has 1 unspecified atom stereocenters. The summed E-state index contributed by atoms with van der Waals surface area (Å²) in [5, 5.41) is 2.98. The van der Waals surface area contributed by atoms with Gasteiger partial charge in [-0.3, -0.25) is 0 Å². The third kappa shape index (κ3) is 2.45. The lowest BCUT2D eigenvalue weighted by atomic mass is 10.2. The molecule has 72 valence electrons. The molecule has 1 aliphatic rings. The first kappa shape index (κ1) is 9.99. The van der Waals surface area contributed by atoms with Crippen LogP contribution in [0.5, 0.6) is 0 Å². The van der Waals surface area contributed by atoms with Crippen molar-refractivity contribution in [2.45, 2.75) is 31.4 Å². The average molecular weight is 191 g/mol. The summed E-state index contributed by atoms with van der Waals surface area (Å²) in [6.07, 6.45) is 2.76. The molecule has 1 heterocycles. The van der Waals surface area contributed by atoms with Crippen molar-refractivity contribution in [3.05, 3.63) is 0 Å². The van der Waals surface area contributed by atoms with E-state index in [0.717, 1.165) is 25.8 Å². The summed E-state index contributed by atoms with van der Waals surface area (Å²) in [4.78, 5) is 0. The predicted octanol–water partition coefficient (Wildman–Crippen LogP) is 0.563. The standard InChI is InChI=1S/C8H17NO2S/c1-2-9-7-8-5-3-4-6-12(8,10)11/h8-9H,2-7H2,1H3. The van der Waals surface area contributed by atoms with Gasteiger partial charge in [0.05, 0.1) is 11.0 Å². The van der Waals surface area contributed by atoms with Gasteiger partial charge in [-0.2, -0.15) is 0 Å². The molecule has 0 saturated carbocycles. The maximum absolute atomic E-state index is 11.4. The fraction of sp³-hybridized carbons (Fsp3) is 1.00. The molecule has 1 N–H and O–H groups in total. The number of hydrogen-bond acceptors (Lipinski definition) is 3. The number of rotatable bonds is 3. The quantitative estimate of drug-likeness (QED) is 0.709. The van der Waals surface area contributed by atoms with Crippen LogP contribution in [0.3, 0.4) is 0 Å². The van der Waals surface area contributed by atoms with Crippen LogP contribution in [-0.4, -0.2) is 32.5 Å². The molecule has 1 saturated heterocycles. The molecule has 0 amide bonds. The second kappa shape index (κ2) is 4.23. The summed E-state index contributed by atoms with van der Waals surface area (Å²) in [6.45, 7) is 3.49. The van der Waals surface area contributed by atoms with Gasteiger partial charge < -0.3 is 5.32 Å². The maximum atomic E-state index is 11.4. The highest BCUT2D eigenvalue weighted by molar-refractivity contribution is 7.92. The van der Waals surface area contributed by atoms with E-state index >= 15 is 0 Å². The summed E-state index contributed by atoms with van der Waals surface area (Å²) in [5.41, 5.74) is 0.